The van der Waals surface area contributed by atoms with E-state index < -0.39 is 11.7 Å². The van der Waals surface area contributed by atoms with E-state index in [1.54, 1.807) is 11.3 Å². The van der Waals surface area contributed by atoms with Crippen molar-refractivity contribution in [3.8, 4) is 5.75 Å². The monoisotopic (exact) mass is 400 g/mol. The Morgan fingerprint density at radius 1 is 1.30 bits per heavy atom. The fraction of sp³-hybridized carbons (Fsp3) is 0.444. The summed E-state index contributed by atoms with van der Waals surface area (Å²) in [7, 11) is 1.34. The maximum atomic E-state index is 13.3. The van der Waals surface area contributed by atoms with E-state index in [0.29, 0.717) is 19.0 Å². The maximum Gasteiger partial charge on any atom is 0.416 e. The number of aromatic nitrogens is 1. The number of aliphatic imine (C=N–C) groups is 1. The molecule has 0 aliphatic carbocycles. The van der Waals surface area contributed by atoms with Crippen LogP contribution in [0.2, 0.25) is 0 Å². The minimum atomic E-state index is -4.46. The second kappa shape index (κ2) is 9.59. The van der Waals surface area contributed by atoms with Gasteiger partial charge in [0.1, 0.15) is 5.75 Å². The Labute approximate surface area is 160 Å². The zero-order valence-electron chi connectivity index (χ0n) is 15.5. The van der Waals surface area contributed by atoms with Crippen LogP contribution < -0.4 is 15.4 Å². The smallest absolute Gasteiger partial charge is 0.416 e. The maximum absolute atomic E-state index is 13.3. The molecule has 0 saturated carbocycles. The molecule has 0 fully saturated rings. The van der Waals surface area contributed by atoms with E-state index >= 15 is 0 Å². The van der Waals surface area contributed by atoms with Gasteiger partial charge >= 0.3 is 6.18 Å². The van der Waals surface area contributed by atoms with E-state index in [2.05, 4.69) is 20.6 Å². The highest BCUT2D eigenvalue weighted by molar-refractivity contribution is 7.11. The fourth-order valence-corrected chi connectivity index (χ4v) is 3.18. The van der Waals surface area contributed by atoms with Crippen molar-refractivity contribution in [1.29, 1.82) is 0 Å². The molecule has 9 heteroatoms. The van der Waals surface area contributed by atoms with Gasteiger partial charge in [-0.1, -0.05) is 6.07 Å². The molecule has 1 heterocycles. The van der Waals surface area contributed by atoms with E-state index in [9.17, 15) is 13.2 Å². The van der Waals surface area contributed by atoms with Crippen molar-refractivity contribution >= 4 is 17.3 Å². The highest BCUT2D eigenvalue weighted by atomic mass is 32.1. The number of hydrogen-bond acceptors (Lipinski definition) is 4. The van der Waals surface area contributed by atoms with Crippen LogP contribution in [0.1, 0.15) is 27.9 Å². The molecule has 2 N–H and O–H groups in total. The molecule has 1 aromatic heterocycles. The second-order valence-corrected chi connectivity index (χ2v) is 7.08. The first-order chi connectivity index (χ1) is 12.8. The molecule has 0 saturated heterocycles. The Balaban J connectivity index is 2.07. The summed E-state index contributed by atoms with van der Waals surface area (Å²) < 4.78 is 44.8. The summed E-state index contributed by atoms with van der Waals surface area (Å²) >= 11 is 1.62. The first kappa shape index (κ1) is 21.0. The zero-order chi connectivity index (χ0) is 19.9. The fourth-order valence-electron chi connectivity index (χ4n) is 2.40. The Hall–Kier alpha value is -2.29. The number of halogens is 3. The highest BCUT2D eigenvalue weighted by Crippen LogP contribution is 2.34. The van der Waals surface area contributed by atoms with E-state index in [4.69, 9.17) is 4.74 Å². The van der Waals surface area contributed by atoms with Crippen molar-refractivity contribution in [3.63, 3.8) is 0 Å². The average molecular weight is 400 g/mol. The van der Waals surface area contributed by atoms with Crippen molar-refractivity contribution < 1.29 is 17.9 Å². The van der Waals surface area contributed by atoms with Crippen molar-refractivity contribution in [2.75, 3.05) is 20.2 Å². The van der Waals surface area contributed by atoms with Gasteiger partial charge in [0.05, 0.1) is 24.2 Å². The predicted octanol–water partition coefficient (Wildman–Crippen LogP) is 3.78. The summed E-state index contributed by atoms with van der Waals surface area (Å²) in [6, 6.07) is 3.90. The zero-order valence-corrected chi connectivity index (χ0v) is 16.3. The summed E-state index contributed by atoms with van der Waals surface area (Å²) in [6.07, 6.45) is -1.92. The molecule has 148 valence electrons. The van der Waals surface area contributed by atoms with Gasteiger partial charge < -0.3 is 15.4 Å². The molecule has 0 aliphatic heterocycles. The van der Waals surface area contributed by atoms with Gasteiger partial charge in [0.25, 0.3) is 0 Å². The largest absolute Gasteiger partial charge is 0.497 e. The molecule has 0 unspecified atom stereocenters. The molecule has 5 nitrogen and oxygen atoms in total. The molecule has 0 amide bonds. The average Bonchev–Trinajstić information content (AvgIpc) is 3.04. The third-order valence-corrected chi connectivity index (χ3v) is 4.65. The number of benzene rings is 1. The van der Waals surface area contributed by atoms with Crippen LogP contribution in [0.3, 0.4) is 0 Å². The summed E-state index contributed by atoms with van der Waals surface area (Å²) in [4.78, 5) is 9.72. The predicted molar refractivity (Wildman–Crippen MR) is 101 cm³/mol. The molecule has 0 atom stereocenters. The lowest BCUT2D eigenvalue weighted by Crippen LogP contribution is -2.38. The number of nitrogens with zero attached hydrogens (tertiary/aromatic N) is 2. The summed E-state index contributed by atoms with van der Waals surface area (Å²) in [6.45, 7) is 5.00. The molecular formula is C18H23F3N4OS. The van der Waals surface area contributed by atoms with Crippen LogP contribution in [-0.4, -0.2) is 31.1 Å². The minimum Gasteiger partial charge on any atom is -0.497 e. The van der Waals surface area contributed by atoms with E-state index in [1.807, 2.05) is 20.0 Å². The number of aryl methyl sites for hydroxylation is 1. The third kappa shape index (κ3) is 6.42. The quantitative estimate of drug-likeness (QED) is 0.549. The van der Waals surface area contributed by atoms with Crippen molar-refractivity contribution in [2.24, 2.45) is 4.99 Å². The van der Waals surface area contributed by atoms with Gasteiger partial charge in [-0.05, 0) is 31.5 Å². The third-order valence-electron chi connectivity index (χ3n) is 3.67. The molecule has 0 radical (unpaired) electrons. The topological polar surface area (TPSA) is 58.5 Å². The first-order valence-electron chi connectivity index (χ1n) is 8.51. The number of ether oxygens (including phenoxy) is 1. The van der Waals surface area contributed by atoms with Crippen molar-refractivity contribution in [3.05, 3.63) is 45.4 Å². The van der Waals surface area contributed by atoms with Crippen LogP contribution in [0.4, 0.5) is 13.2 Å². The summed E-state index contributed by atoms with van der Waals surface area (Å²) in [5, 5.41) is 7.18. The number of hydrogen-bond donors (Lipinski definition) is 2. The molecule has 0 spiro atoms. The van der Waals surface area contributed by atoms with E-state index in [0.717, 1.165) is 22.4 Å². The molecule has 2 rings (SSSR count). The number of methoxy groups -OCH3 is 1. The number of guanidine groups is 1. The van der Waals surface area contributed by atoms with Crippen LogP contribution in [-0.2, 0) is 19.1 Å². The van der Waals surface area contributed by atoms with Gasteiger partial charge in [0.2, 0.25) is 0 Å². The first-order valence-corrected chi connectivity index (χ1v) is 9.32. The number of rotatable bonds is 7. The summed E-state index contributed by atoms with van der Waals surface area (Å²) in [5.74, 6) is 0.633. The van der Waals surface area contributed by atoms with Crippen molar-refractivity contribution in [2.45, 2.75) is 33.0 Å². The SMILES string of the molecule is CCNC(=NCc1ccc(OC)cc1C(F)(F)F)NCCc1ncc(C)s1. The molecule has 1 aromatic carbocycles. The molecule has 0 aliphatic rings. The molecular weight excluding hydrogens is 377 g/mol. The van der Waals surface area contributed by atoms with E-state index in [1.165, 1.54) is 19.2 Å². The lowest BCUT2D eigenvalue weighted by Gasteiger charge is -2.14. The number of nitrogens with one attached hydrogen (secondary N) is 2. The lowest BCUT2D eigenvalue weighted by atomic mass is 10.1. The second-order valence-electron chi connectivity index (χ2n) is 5.76. The lowest BCUT2D eigenvalue weighted by molar-refractivity contribution is -0.138. The van der Waals surface area contributed by atoms with Gasteiger partial charge in [0, 0.05) is 30.6 Å². The van der Waals surface area contributed by atoms with Gasteiger partial charge in [-0.15, -0.1) is 11.3 Å². The summed E-state index contributed by atoms with van der Waals surface area (Å²) in [5.41, 5.74) is -0.643. The normalized spacial score (nSPS) is 12.1. The Kier molecular flexibility index (Phi) is 7.46. The Morgan fingerprint density at radius 2 is 2.07 bits per heavy atom. The van der Waals surface area contributed by atoms with Crippen LogP contribution in [0.15, 0.2) is 29.4 Å². The molecule has 0 bridgehead atoms. The highest BCUT2D eigenvalue weighted by Gasteiger charge is 2.33. The van der Waals surface area contributed by atoms with Gasteiger partial charge in [-0.25, -0.2) is 9.98 Å². The molecule has 27 heavy (non-hydrogen) atoms. The number of thiazole rings is 1. The van der Waals surface area contributed by atoms with Crippen LogP contribution in [0, 0.1) is 6.92 Å². The van der Waals surface area contributed by atoms with Crippen LogP contribution >= 0.6 is 11.3 Å². The minimum absolute atomic E-state index is 0.0927. The van der Waals surface area contributed by atoms with Crippen LogP contribution in [0.25, 0.3) is 0 Å². The van der Waals surface area contributed by atoms with E-state index in [-0.39, 0.29) is 17.9 Å². The molecule has 2 aromatic rings. The Bertz CT molecular complexity index is 774. The van der Waals surface area contributed by atoms with Crippen LogP contribution in [0.5, 0.6) is 5.75 Å². The van der Waals surface area contributed by atoms with Crippen molar-refractivity contribution in [1.82, 2.24) is 15.6 Å². The standard InChI is InChI=1S/C18H23F3N4OS/c1-4-22-17(23-8-7-16-24-10-12(2)27-16)25-11-13-5-6-14(26-3)9-15(13)18(19,20)21/h5-6,9-10H,4,7-8,11H2,1-3H3,(H2,22,23,25). The van der Waals surface area contributed by atoms with Gasteiger partial charge in [-0.2, -0.15) is 13.2 Å². The Morgan fingerprint density at radius 3 is 2.67 bits per heavy atom. The van der Waals surface area contributed by atoms with Gasteiger partial charge in [-0.3, -0.25) is 0 Å². The number of alkyl halides is 3. The van der Waals surface area contributed by atoms with Gasteiger partial charge in [0.15, 0.2) is 5.96 Å².